The van der Waals surface area contributed by atoms with Crippen molar-refractivity contribution in [3.8, 4) is 5.75 Å². The Morgan fingerprint density at radius 1 is 1.29 bits per heavy atom. The number of hydrogen-bond acceptors (Lipinski definition) is 4. The van der Waals surface area contributed by atoms with E-state index in [0.29, 0.717) is 12.5 Å². The molecule has 0 bridgehead atoms. The van der Waals surface area contributed by atoms with E-state index in [-0.39, 0.29) is 6.61 Å². The van der Waals surface area contributed by atoms with Gasteiger partial charge in [0.15, 0.2) is 0 Å². The van der Waals surface area contributed by atoms with E-state index in [2.05, 4.69) is 31.8 Å². The zero-order valence-electron chi connectivity index (χ0n) is 12.9. The summed E-state index contributed by atoms with van der Waals surface area (Å²) in [6, 6.07) is 8.15. The molecule has 21 heavy (non-hydrogen) atoms. The third-order valence-electron chi connectivity index (χ3n) is 3.39. The van der Waals surface area contributed by atoms with Crippen molar-refractivity contribution in [3.63, 3.8) is 0 Å². The summed E-state index contributed by atoms with van der Waals surface area (Å²) in [4.78, 5) is 5.61. The van der Waals surface area contributed by atoms with Gasteiger partial charge < -0.3 is 9.84 Å². The minimum Gasteiger partial charge on any atom is -0.493 e. The first-order valence-electron chi connectivity index (χ1n) is 7.45. The summed E-state index contributed by atoms with van der Waals surface area (Å²) in [5, 5.41) is 10.4. The van der Waals surface area contributed by atoms with Crippen LogP contribution in [0.3, 0.4) is 0 Å². The van der Waals surface area contributed by atoms with Crippen LogP contribution >= 0.6 is 11.3 Å². The van der Waals surface area contributed by atoms with Gasteiger partial charge >= 0.3 is 0 Å². The van der Waals surface area contributed by atoms with Gasteiger partial charge in [-0.3, -0.25) is 0 Å². The molecule has 1 N–H and O–H groups in total. The number of aliphatic hydroxyl groups is 1. The molecule has 0 radical (unpaired) electrons. The Morgan fingerprint density at radius 3 is 2.67 bits per heavy atom. The second kappa shape index (κ2) is 7.57. The van der Waals surface area contributed by atoms with Crippen molar-refractivity contribution in [1.82, 2.24) is 4.98 Å². The first-order valence-corrected chi connectivity index (χ1v) is 8.27. The lowest BCUT2D eigenvalue weighted by atomic mass is 10.1. The molecule has 0 spiro atoms. The van der Waals surface area contributed by atoms with E-state index < -0.39 is 0 Å². The molecular weight excluding hydrogens is 282 g/mol. The Bertz CT molecular complexity index is 578. The van der Waals surface area contributed by atoms with Gasteiger partial charge in [-0.15, -0.1) is 11.3 Å². The van der Waals surface area contributed by atoms with Crippen LogP contribution in [0.2, 0.25) is 0 Å². The van der Waals surface area contributed by atoms with E-state index in [1.165, 1.54) is 5.56 Å². The molecule has 0 saturated heterocycles. The van der Waals surface area contributed by atoms with E-state index in [0.717, 1.165) is 34.2 Å². The van der Waals surface area contributed by atoms with Gasteiger partial charge in [0.05, 0.1) is 28.8 Å². The fraction of sp³-hybridized carbons (Fsp3) is 0.471. The standard InChI is InChI=1S/C17H23NO2S/c1-4-13-7-5-6-8-14(13)20-10-9-16-18-17(12(2)3)15(11-19)21-16/h5-8,12,19H,4,9-11H2,1-3H3. The second-order valence-corrected chi connectivity index (χ2v) is 6.46. The molecule has 0 atom stereocenters. The summed E-state index contributed by atoms with van der Waals surface area (Å²) < 4.78 is 5.88. The van der Waals surface area contributed by atoms with Crippen LogP contribution in [-0.4, -0.2) is 16.7 Å². The lowest BCUT2D eigenvalue weighted by Crippen LogP contribution is -2.03. The van der Waals surface area contributed by atoms with Crippen molar-refractivity contribution in [3.05, 3.63) is 45.4 Å². The molecule has 2 aromatic rings. The van der Waals surface area contributed by atoms with E-state index in [9.17, 15) is 5.11 Å². The van der Waals surface area contributed by atoms with Crippen LogP contribution in [0.5, 0.6) is 5.75 Å². The predicted octanol–water partition coefficient (Wildman–Crippen LogP) is 3.94. The highest BCUT2D eigenvalue weighted by Gasteiger charge is 2.13. The highest BCUT2D eigenvalue weighted by Crippen LogP contribution is 2.26. The SMILES string of the molecule is CCc1ccccc1OCCc1nc(C(C)C)c(CO)s1. The maximum atomic E-state index is 9.39. The lowest BCUT2D eigenvalue weighted by Gasteiger charge is -2.09. The number of aryl methyl sites for hydroxylation is 1. The molecule has 114 valence electrons. The summed E-state index contributed by atoms with van der Waals surface area (Å²) in [5.74, 6) is 1.31. The van der Waals surface area contributed by atoms with Crippen LogP contribution < -0.4 is 4.74 Å². The summed E-state index contributed by atoms with van der Waals surface area (Å²) >= 11 is 1.59. The minimum absolute atomic E-state index is 0.0741. The van der Waals surface area contributed by atoms with Crippen molar-refractivity contribution in [2.75, 3.05) is 6.61 Å². The van der Waals surface area contributed by atoms with Gasteiger partial charge in [-0.05, 0) is 24.0 Å². The van der Waals surface area contributed by atoms with Crippen molar-refractivity contribution in [2.45, 2.75) is 46.1 Å². The molecule has 0 fully saturated rings. The van der Waals surface area contributed by atoms with Crippen LogP contribution in [0.25, 0.3) is 0 Å². The van der Waals surface area contributed by atoms with Gasteiger partial charge in [-0.25, -0.2) is 4.98 Å². The predicted molar refractivity (Wildman–Crippen MR) is 87.1 cm³/mol. The second-order valence-electron chi connectivity index (χ2n) is 5.29. The van der Waals surface area contributed by atoms with E-state index in [1.54, 1.807) is 11.3 Å². The molecule has 4 heteroatoms. The molecular formula is C17H23NO2S. The largest absolute Gasteiger partial charge is 0.493 e. The van der Waals surface area contributed by atoms with Crippen molar-refractivity contribution < 1.29 is 9.84 Å². The summed E-state index contributed by atoms with van der Waals surface area (Å²) in [5.41, 5.74) is 2.25. The molecule has 0 unspecified atom stereocenters. The van der Waals surface area contributed by atoms with Gasteiger partial charge in [0, 0.05) is 6.42 Å². The Kier molecular flexibility index (Phi) is 5.76. The van der Waals surface area contributed by atoms with Crippen molar-refractivity contribution in [1.29, 1.82) is 0 Å². The normalized spacial score (nSPS) is 11.1. The molecule has 1 aromatic heterocycles. The third kappa shape index (κ3) is 4.05. The third-order valence-corrected chi connectivity index (χ3v) is 4.51. The Labute approximate surface area is 130 Å². The fourth-order valence-corrected chi connectivity index (χ4v) is 3.33. The van der Waals surface area contributed by atoms with E-state index in [1.807, 2.05) is 18.2 Å². The number of hydrogen-bond donors (Lipinski definition) is 1. The Hall–Kier alpha value is -1.39. The number of aromatic nitrogens is 1. The number of aliphatic hydroxyl groups excluding tert-OH is 1. The molecule has 1 heterocycles. The van der Waals surface area contributed by atoms with Crippen LogP contribution in [0, 0.1) is 0 Å². The molecule has 1 aromatic carbocycles. The monoisotopic (exact) mass is 305 g/mol. The van der Waals surface area contributed by atoms with Crippen molar-refractivity contribution >= 4 is 11.3 Å². The number of nitrogens with zero attached hydrogens (tertiary/aromatic N) is 1. The van der Waals surface area contributed by atoms with Crippen LogP contribution in [0.15, 0.2) is 24.3 Å². The number of benzene rings is 1. The maximum Gasteiger partial charge on any atom is 0.122 e. The van der Waals surface area contributed by atoms with Crippen LogP contribution in [0.4, 0.5) is 0 Å². The van der Waals surface area contributed by atoms with E-state index >= 15 is 0 Å². The first kappa shape index (κ1) is 16.0. The van der Waals surface area contributed by atoms with Gasteiger partial charge in [-0.1, -0.05) is 39.0 Å². The van der Waals surface area contributed by atoms with Gasteiger partial charge in [-0.2, -0.15) is 0 Å². The summed E-state index contributed by atoms with van der Waals surface area (Å²) in [6.45, 7) is 7.03. The van der Waals surface area contributed by atoms with E-state index in [4.69, 9.17) is 4.74 Å². The molecule has 2 rings (SSSR count). The number of rotatable bonds is 7. The maximum absolute atomic E-state index is 9.39. The van der Waals surface area contributed by atoms with Crippen LogP contribution in [-0.2, 0) is 19.4 Å². The van der Waals surface area contributed by atoms with Gasteiger partial charge in [0.1, 0.15) is 5.75 Å². The summed E-state index contributed by atoms with van der Waals surface area (Å²) in [6.07, 6.45) is 1.75. The molecule has 0 aliphatic carbocycles. The molecule has 0 amide bonds. The molecule has 3 nitrogen and oxygen atoms in total. The average Bonchev–Trinajstić information content (AvgIpc) is 2.91. The highest BCUT2D eigenvalue weighted by atomic mass is 32.1. The average molecular weight is 305 g/mol. The van der Waals surface area contributed by atoms with Gasteiger partial charge in [0.2, 0.25) is 0 Å². The number of thiazole rings is 1. The Morgan fingerprint density at radius 2 is 2.05 bits per heavy atom. The number of para-hydroxylation sites is 1. The lowest BCUT2D eigenvalue weighted by molar-refractivity contribution is 0.283. The topological polar surface area (TPSA) is 42.4 Å². The summed E-state index contributed by atoms with van der Waals surface area (Å²) in [7, 11) is 0. The smallest absolute Gasteiger partial charge is 0.122 e. The quantitative estimate of drug-likeness (QED) is 0.842. The zero-order chi connectivity index (χ0) is 15.2. The van der Waals surface area contributed by atoms with Crippen LogP contribution in [0.1, 0.15) is 47.8 Å². The fourth-order valence-electron chi connectivity index (χ4n) is 2.27. The molecule has 0 saturated carbocycles. The minimum atomic E-state index is 0.0741. The van der Waals surface area contributed by atoms with Crippen molar-refractivity contribution in [2.24, 2.45) is 0 Å². The Balaban J connectivity index is 1.97. The molecule has 0 aliphatic rings. The molecule has 0 aliphatic heterocycles. The first-order chi connectivity index (χ1) is 10.2. The highest BCUT2D eigenvalue weighted by molar-refractivity contribution is 7.11. The van der Waals surface area contributed by atoms with Gasteiger partial charge in [0.25, 0.3) is 0 Å². The number of ether oxygens (including phenoxy) is 1. The zero-order valence-corrected chi connectivity index (χ0v) is 13.7.